The summed E-state index contributed by atoms with van der Waals surface area (Å²) in [4.78, 5) is 26.9. The maximum atomic E-state index is 12.7. The fourth-order valence-corrected chi connectivity index (χ4v) is 5.82. The summed E-state index contributed by atoms with van der Waals surface area (Å²) in [5.74, 6) is 2.46. The van der Waals surface area contributed by atoms with Crippen molar-refractivity contribution in [1.29, 1.82) is 0 Å². The van der Waals surface area contributed by atoms with Gasteiger partial charge in [0.1, 0.15) is 17.1 Å². The average Bonchev–Trinajstić information content (AvgIpc) is 3.61. The summed E-state index contributed by atoms with van der Waals surface area (Å²) in [6.45, 7) is 0.657. The quantitative estimate of drug-likeness (QED) is 0.250. The number of nitrogens with zero attached hydrogens (tertiary/aromatic N) is 5. The fraction of sp³-hybridized carbons (Fsp3) is 0.212. The Bertz CT molecular complexity index is 1910. The standard InChI is InChI=1S/C33H31N7O2/c1-42-27-14-8-22(9-15-27)21-39-32-28(6-4-18-34-32)38-33(39)37-25-12-11-24(19-25)36-30-16-13-26(20-35-30)40-29-7-3-2-5-23(29)10-17-31(40)41/h2-10,13-18,20,24-25H,11-12,19,21H2,1H3,(H,35,36)(H,37,38)/t24-,25-/m0/s1. The van der Waals surface area contributed by atoms with E-state index in [0.717, 1.165) is 70.1 Å². The van der Waals surface area contributed by atoms with Crippen LogP contribution in [0.5, 0.6) is 5.75 Å². The number of hydrogen-bond acceptors (Lipinski definition) is 7. The van der Waals surface area contributed by atoms with E-state index in [-0.39, 0.29) is 17.6 Å². The van der Waals surface area contributed by atoms with E-state index in [1.807, 2.05) is 72.9 Å². The molecule has 0 saturated heterocycles. The second-order valence-electron chi connectivity index (χ2n) is 10.7. The van der Waals surface area contributed by atoms with Gasteiger partial charge in [-0.3, -0.25) is 13.9 Å². The molecule has 0 bridgehead atoms. The van der Waals surface area contributed by atoms with E-state index in [9.17, 15) is 4.79 Å². The van der Waals surface area contributed by atoms with Gasteiger partial charge in [-0.05, 0) is 78.7 Å². The van der Waals surface area contributed by atoms with Crippen LogP contribution in [0.1, 0.15) is 24.8 Å². The van der Waals surface area contributed by atoms with E-state index in [1.54, 1.807) is 23.9 Å². The van der Waals surface area contributed by atoms with Crippen LogP contribution in [0.2, 0.25) is 0 Å². The van der Waals surface area contributed by atoms with Gasteiger partial charge in [0.15, 0.2) is 5.65 Å². The average molecular weight is 558 g/mol. The summed E-state index contributed by atoms with van der Waals surface area (Å²) in [5, 5.41) is 8.30. The first-order valence-corrected chi connectivity index (χ1v) is 14.2. The maximum absolute atomic E-state index is 12.7. The lowest BCUT2D eigenvalue weighted by Crippen LogP contribution is -2.23. The highest BCUT2D eigenvalue weighted by Gasteiger charge is 2.26. The van der Waals surface area contributed by atoms with Crippen molar-refractivity contribution in [3.05, 3.63) is 113 Å². The van der Waals surface area contributed by atoms with Crippen LogP contribution in [0.25, 0.3) is 27.8 Å². The number of benzene rings is 2. The van der Waals surface area contributed by atoms with E-state index in [0.29, 0.717) is 6.54 Å². The first-order chi connectivity index (χ1) is 20.6. The highest BCUT2D eigenvalue weighted by Crippen LogP contribution is 2.28. The number of rotatable bonds is 8. The number of imidazole rings is 1. The number of aromatic nitrogens is 5. The van der Waals surface area contributed by atoms with Crippen molar-refractivity contribution >= 4 is 33.8 Å². The lowest BCUT2D eigenvalue weighted by atomic mass is 10.2. The van der Waals surface area contributed by atoms with E-state index >= 15 is 0 Å². The number of ether oxygens (including phenoxy) is 1. The minimum atomic E-state index is -0.0749. The fourth-order valence-electron chi connectivity index (χ4n) is 5.82. The molecule has 4 aromatic heterocycles. The Kier molecular flexibility index (Phi) is 6.75. The zero-order valence-corrected chi connectivity index (χ0v) is 23.3. The smallest absolute Gasteiger partial charge is 0.255 e. The predicted octanol–water partition coefficient (Wildman–Crippen LogP) is 5.63. The van der Waals surface area contributed by atoms with Gasteiger partial charge in [0, 0.05) is 24.3 Å². The van der Waals surface area contributed by atoms with Gasteiger partial charge in [-0.2, -0.15) is 0 Å². The second-order valence-corrected chi connectivity index (χ2v) is 10.7. The van der Waals surface area contributed by atoms with E-state index in [4.69, 9.17) is 9.72 Å². The number of hydrogen-bond donors (Lipinski definition) is 2. The van der Waals surface area contributed by atoms with Crippen LogP contribution >= 0.6 is 0 Å². The highest BCUT2D eigenvalue weighted by molar-refractivity contribution is 5.80. The normalized spacial score (nSPS) is 16.6. The van der Waals surface area contributed by atoms with E-state index in [1.165, 1.54) is 0 Å². The molecule has 1 aliphatic rings. The Balaban J connectivity index is 1.05. The van der Waals surface area contributed by atoms with Gasteiger partial charge in [0.2, 0.25) is 5.95 Å². The molecule has 0 spiro atoms. The van der Waals surface area contributed by atoms with Crippen LogP contribution in [0, 0.1) is 0 Å². The van der Waals surface area contributed by atoms with Crippen LogP contribution in [-0.4, -0.2) is 43.3 Å². The minimum absolute atomic E-state index is 0.0749. The molecule has 0 unspecified atom stereocenters. The van der Waals surface area contributed by atoms with Crippen LogP contribution in [0.4, 0.5) is 11.8 Å². The number of fused-ring (bicyclic) bond motifs is 2. The lowest BCUT2D eigenvalue weighted by molar-refractivity contribution is 0.414. The van der Waals surface area contributed by atoms with Gasteiger partial charge in [-0.1, -0.05) is 30.3 Å². The number of pyridine rings is 3. The number of methoxy groups -OCH3 is 1. The molecule has 42 heavy (non-hydrogen) atoms. The Hall–Kier alpha value is -5.18. The largest absolute Gasteiger partial charge is 0.497 e. The van der Waals surface area contributed by atoms with Crippen molar-refractivity contribution in [3.8, 4) is 11.4 Å². The van der Waals surface area contributed by atoms with E-state index in [2.05, 4.69) is 37.3 Å². The SMILES string of the molecule is COc1ccc(Cn2c(N[C@H]3CC[C@H](Nc4ccc(-n5c(=O)ccc6ccccc65)cn4)C3)nc3cccnc32)cc1. The molecule has 0 aliphatic heterocycles. The molecule has 2 aromatic carbocycles. The molecule has 2 atom stereocenters. The third-order valence-corrected chi connectivity index (χ3v) is 7.93. The molecule has 6 aromatic rings. The number of anilines is 2. The van der Waals surface area contributed by atoms with Crippen LogP contribution in [-0.2, 0) is 6.54 Å². The first-order valence-electron chi connectivity index (χ1n) is 14.2. The van der Waals surface area contributed by atoms with Crippen molar-refractivity contribution < 1.29 is 4.74 Å². The Morgan fingerprint density at radius 1 is 0.881 bits per heavy atom. The summed E-state index contributed by atoms with van der Waals surface area (Å²) in [6, 6.07) is 27.8. The molecule has 9 heteroatoms. The van der Waals surface area contributed by atoms with E-state index < -0.39 is 0 Å². The molecular weight excluding hydrogens is 526 g/mol. The monoisotopic (exact) mass is 557 g/mol. The predicted molar refractivity (Wildman–Crippen MR) is 166 cm³/mol. The maximum Gasteiger partial charge on any atom is 0.255 e. The highest BCUT2D eigenvalue weighted by atomic mass is 16.5. The molecule has 7 rings (SSSR count). The Morgan fingerprint density at radius 2 is 1.71 bits per heavy atom. The van der Waals surface area contributed by atoms with Crippen LogP contribution in [0.3, 0.4) is 0 Å². The molecule has 2 N–H and O–H groups in total. The molecule has 1 fully saturated rings. The lowest BCUT2D eigenvalue weighted by Gasteiger charge is -2.17. The van der Waals surface area contributed by atoms with Crippen molar-refractivity contribution in [2.45, 2.75) is 37.9 Å². The number of para-hydroxylation sites is 1. The van der Waals surface area contributed by atoms with Crippen molar-refractivity contribution in [1.82, 2.24) is 24.1 Å². The van der Waals surface area contributed by atoms with Crippen molar-refractivity contribution in [2.75, 3.05) is 17.7 Å². The van der Waals surface area contributed by atoms with Gasteiger partial charge in [0.05, 0.1) is 31.1 Å². The molecule has 0 radical (unpaired) electrons. The summed E-state index contributed by atoms with van der Waals surface area (Å²) in [6.07, 6.45) is 6.53. The van der Waals surface area contributed by atoms with Gasteiger partial charge in [0.25, 0.3) is 5.56 Å². The molecule has 210 valence electrons. The third-order valence-electron chi connectivity index (χ3n) is 7.93. The molecule has 1 saturated carbocycles. The Morgan fingerprint density at radius 3 is 2.52 bits per heavy atom. The topological polar surface area (TPSA) is 98.9 Å². The van der Waals surface area contributed by atoms with Crippen molar-refractivity contribution in [3.63, 3.8) is 0 Å². The van der Waals surface area contributed by atoms with Gasteiger partial charge in [-0.15, -0.1) is 0 Å². The van der Waals surface area contributed by atoms with Gasteiger partial charge in [-0.25, -0.2) is 15.0 Å². The number of nitrogens with one attached hydrogen (secondary N) is 2. The van der Waals surface area contributed by atoms with Crippen LogP contribution in [0.15, 0.2) is 102 Å². The zero-order valence-electron chi connectivity index (χ0n) is 23.3. The zero-order chi connectivity index (χ0) is 28.5. The molecular formula is C33H31N7O2. The van der Waals surface area contributed by atoms with Crippen molar-refractivity contribution in [2.24, 2.45) is 0 Å². The second kappa shape index (κ2) is 11.0. The first kappa shape index (κ1) is 25.8. The minimum Gasteiger partial charge on any atom is -0.497 e. The van der Waals surface area contributed by atoms with Gasteiger partial charge >= 0.3 is 0 Å². The summed E-state index contributed by atoms with van der Waals surface area (Å²) in [5.41, 5.74) is 4.42. The summed E-state index contributed by atoms with van der Waals surface area (Å²) in [7, 11) is 1.67. The molecule has 9 nitrogen and oxygen atoms in total. The summed E-state index contributed by atoms with van der Waals surface area (Å²) >= 11 is 0. The molecule has 0 amide bonds. The Labute approximate surface area is 242 Å². The molecule has 4 heterocycles. The van der Waals surface area contributed by atoms with Gasteiger partial charge < -0.3 is 15.4 Å². The third kappa shape index (κ3) is 5.05. The molecule has 1 aliphatic carbocycles. The summed E-state index contributed by atoms with van der Waals surface area (Å²) < 4.78 is 9.17. The van der Waals surface area contributed by atoms with Crippen LogP contribution < -0.4 is 20.9 Å².